The Bertz CT molecular complexity index is 392. The van der Waals surface area contributed by atoms with Gasteiger partial charge in [-0.1, -0.05) is 13.3 Å². The average Bonchev–Trinajstić information content (AvgIpc) is 3.05. The zero-order valence-electron chi connectivity index (χ0n) is 11.4. The fourth-order valence-corrected chi connectivity index (χ4v) is 4.58. The molecule has 18 heavy (non-hydrogen) atoms. The van der Waals surface area contributed by atoms with Crippen LogP contribution < -0.4 is 10.2 Å². The molecule has 1 aliphatic heterocycles. The zero-order valence-corrected chi connectivity index (χ0v) is 12.2. The van der Waals surface area contributed by atoms with E-state index in [1.807, 2.05) is 18.4 Å². The van der Waals surface area contributed by atoms with E-state index in [2.05, 4.69) is 17.1 Å². The summed E-state index contributed by atoms with van der Waals surface area (Å²) in [5.74, 6) is 0.946. The predicted octanol–water partition coefficient (Wildman–Crippen LogP) is 2.80. The summed E-state index contributed by atoms with van der Waals surface area (Å²) in [7, 11) is 2.02. The van der Waals surface area contributed by atoms with Crippen LogP contribution >= 0.6 is 11.3 Å². The number of hydrogen-bond donors (Lipinski definition) is 1. The lowest BCUT2D eigenvalue weighted by Gasteiger charge is -2.26. The highest BCUT2D eigenvalue weighted by atomic mass is 32.1. The molecule has 2 atom stereocenters. The fraction of sp³-hybridized carbons (Fsp3) is 0.786. The van der Waals surface area contributed by atoms with E-state index in [1.54, 1.807) is 0 Å². The summed E-state index contributed by atoms with van der Waals surface area (Å²) >= 11 is 1.91. The van der Waals surface area contributed by atoms with Crippen molar-refractivity contribution in [3.8, 4) is 0 Å². The average molecular weight is 265 g/mol. The zero-order chi connectivity index (χ0) is 12.5. The van der Waals surface area contributed by atoms with Gasteiger partial charge < -0.3 is 10.2 Å². The number of nitrogens with zero attached hydrogens (tertiary/aromatic N) is 2. The van der Waals surface area contributed by atoms with Crippen molar-refractivity contribution in [3.63, 3.8) is 0 Å². The lowest BCUT2D eigenvalue weighted by atomic mass is 10.1. The number of fused-ring (bicyclic) bond motifs is 2. The first kappa shape index (κ1) is 12.4. The van der Waals surface area contributed by atoms with Gasteiger partial charge in [0.15, 0.2) is 5.13 Å². The number of piperidine rings is 1. The molecule has 0 radical (unpaired) electrons. The van der Waals surface area contributed by atoms with Crippen molar-refractivity contribution in [2.24, 2.45) is 5.92 Å². The van der Waals surface area contributed by atoms with Crippen LogP contribution in [0.15, 0.2) is 0 Å². The van der Waals surface area contributed by atoms with Crippen LogP contribution in [0.1, 0.15) is 43.2 Å². The maximum Gasteiger partial charge on any atom is 0.186 e. The maximum atomic E-state index is 4.92. The van der Waals surface area contributed by atoms with Gasteiger partial charge in [0.1, 0.15) is 0 Å². The third-order valence-corrected chi connectivity index (χ3v) is 5.38. The summed E-state index contributed by atoms with van der Waals surface area (Å²) in [6.07, 6.45) is 6.54. The topological polar surface area (TPSA) is 28.2 Å². The number of thiazole rings is 1. The summed E-state index contributed by atoms with van der Waals surface area (Å²) in [6, 6.07) is 0.790. The Morgan fingerprint density at radius 1 is 1.44 bits per heavy atom. The van der Waals surface area contributed by atoms with Gasteiger partial charge in [-0.3, -0.25) is 0 Å². The quantitative estimate of drug-likeness (QED) is 0.887. The molecule has 0 aromatic carbocycles. The number of aromatic nitrogens is 1. The Morgan fingerprint density at radius 3 is 2.94 bits per heavy atom. The first-order valence-corrected chi connectivity index (χ1v) is 8.03. The molecule has 0 amide bonds. The number of nitrogens with one attached hydrogen (secondary N) is 1. The molecule has 1 aromatic heterocycles. The molecular formula is C14H23N3S. The highest BCUT2D eigenvalue weighted by Gasteiger charge is 2.39. The molecule has 3 nitrogen and oxygen atoms in total. The van der Waals surface area contributed by atoms with E-state index in [4.69, 9.17) is 4.98 Å². The van der Waals surface area contributed by atoms with Crippen LogP contribution in [0.5, 0.6) is 0 Å². The van der Waals surface area contributed by atoms with Crippen LogP contribution in [-0.2, 0) is 13.0 Å². The molecule has 1 aromatic rings. The lowest BCUT2D eigenvalue weighted by molar-refractivity contribution is 0.552. The molecular weight excluding hydrogens is 242 g/mol. The third kappa shape index (κ3) is 2.16. The van der Waals surface area contributed by atoms with Crippen molar-refractivity contribution < 1.29 is 0 Å². The van der Waals surface area contributed by atoms with E-state index in [1.165, 1.54) is 47.9 Å². The van der Waals surface area contributed by atoms with E-state index in [-0.39, 0.29) is 0 Å². The molecule has 2 aliphatic rings. The Morgan fingerprint density at radius 2 is 2.33 bits per heavy atom. The summed E-state index contributed by atoms with van der Waals surface area (Å²) in [5.41, 5.74) is 1.33. The van der Waals surface area contributed by atoms with E-state index >= 15 is 0 Å². The molecule has 2 unspecified atom stereocenters. The van der Waals surface area contributed by atoms with Crippen LogP contribution in [0.25, 0.3) is 0 Å². The number of hydrogen-bond acceptors (Lipinski definition) is 4. The molecule has 1 saturated heterocycles. The minimum atomic E-state index is 0.790. The van der Waals surface area contributed by atoms with E-state index < -0.39 is 0 Å². The van der Waals surface area contributed by atoms with Gasteiger partial charge in [-0.15, -0.1) is 11.3 Å². The molecule has 2 fully saturated rings. The number of rotatable bonds is 5. The van der Waals surface area contributed by atoms with Crippen molar-refractivity contribution in [1.29, 1.82) is 0 Å². The van der Waals surface area contributed by atoms with Gasteiger partial charge in [0.25, 0.3) is 0 Å². The fourth-order valence-electron chi connectivity index (χ4n) is 3.38. The van der Waals surface area contributed by atoms with Gasteiger partial charge in [-0.05, 0) is 38.6 Å². The third-order valence-electron chi connectivity index (χ3n) is 4.25. The number of anilines is 1. The van der Waals surface area contributed by atoms with Gasteiger partial charge >= 0.3 is 0 Å². The molecule has 0 spiro atoms. The molecule has 2 heterocycles. The summed E-state index contributed by atoms with van der Waals surface area (Å²) in [5, 5.41) is 4.56. The standard InChI is InChI=1S/C14H23N3S/c1-3-4-12-13(8-15-2)18-14(16-12)17-9-10-5-6-11(17)7-10/h10-11,15H,3-9H2,1-2H3. The largest absolute Gasteiger partial charge is 0.345 e. The summed E-state index contributed by atoms with van der Waals surface area (Å²) < 4.78 is 0. The Labute approximate surface area is 114 Å². The van der Waals surface area contributed by atoms with Gasteiger partial charge in [0, 0.05) is 24.0 Å². The molecule has 100 valence electrons. The molecule has 1 N–H and O–H groups in total. The SMILES string of the molecule is CCCc1nc(N2CC3CCC2C3)sc1CNC. The van der Waals surface area contributed by atoms with E-state index in [9.17, 15) is 0 Å². The maximum absolute atomic E-state index is 4.92. The minimum Gasteiger partial charge on any atom is -0.345 e. The Hall–Kier alpha value is -0.610. The van der Waals surface area contributed by atoms with Crippen molar-refractivity contribution in [1.82, 2.24) is 10.3 Å². The van der Waals surface area contributed by atoms with Crippen LogP contribution in [0.3, 0.4) is 0 Å². The number of aryl methyl sites for hydroxylation is 1. The van der Waals surface area contributed by atoms with E-state index in [0.717, 1.165) is 24.9 Å². The van der Waals surface area contributed by atoms with Gasteiger partial charge in [0.2, 0.25) is 0 Å². The Kier molecular flexibility index (Phi) is 3.57. The van der Waals surface area contributed by atoms with Crippen molar-refractivity contribution in [2.45, 2.75) is 51.6 Å². The smallest absolute Gasteiger partial charge is 0.186 e. The molecule has 1 saturated carbocycles. The molecule has 2 bridgehead atoms. The van der Waals surface area contributed by atoms with Crippen LogP contribution in [0.4, 0.5) is 5.13 Å². The normalized spacial score (nSPS) is 26.2. The van der Waals surface area contributed by atoms with Gasteiger partial charge in [-0.2, -0.15) is 0 Å². The highest BCUT2D eigenvalue weighted by Crippen LogP contribution is 2.42. The Balaban J connectivity index is 1.81. The van der Waals surface area contributed by atoms with Crippen LogP contribution in [0.2, 0.25) is 0 Å². The second-order valence-electron chi connectivity index (χ2n) is 5.63. The van der Waals surface area contributed by atoms with Crippen molar-refractivity contribution in [2.75, 3.05) is 18.5 Å². The van der Waals surface area contributed by atoms with Crippen molar-refractivity contribution in [3.05, 3.63) is 10.6 Å². The van der Waals surface area contributed by atoms with Crippen molar-refractivity contribution >= 4 is 16.5 Å². The monoisotopic (exact) mass is 265 g/mol. The highest BCUT2D eigenvalue weighted by molar-refractivity contribution is 7.15. The van der Waals surface area contributed by atoms with Crippen LogP contribution in [0, 0.1) is 5.92 Å². The molecule has 1 aliphatic carbocycles. The second kappa shape index (κ2) is 5.17. The summed E-state index contributed by atoms with van der Waals surface area (Å²) in [6.45, 7) is 4.46. The summed E-state index contributed by atoms with van der Waals surface area (Å²) in [4.78, 5) is 8.95. The predicted molar refractivity (Wildman–Crippen MR) is 77.3 cm³/mol. The van der Waals surface area contributed by atoms with E-state index in [0.29, 0.717) is 0 Å². The van der Waals surface area contributed by atoms with Gasteiger partial charge in [-0.25, -0.2) is 4.98 Å². The van der Waals surface area contributed by atoms with Gasteiger partial charge in [0.05, 0.1) is 5.69 Å². The molecule has 3 rings (SSSR count). The first-order valence-electron chi connectivity index (χ1n) is 7.21. The first-order chi connectivity index (χ1) is 8.81. The van der Waals surface area contributed by atoms with Crippen LogP contribution in [-0.4, -0.2) is 24.6 Å². The minimum absolute atomic E-state index is 0.790. The second-order valence-corrected chi connectivity index (χ2v) is 6.69. The molecule has 4 heteroatoms. The lowest BCUT2D eigenvalue weighted by Crippen LogP contribution is -2.31.